The summed E-state index contributed by atoms with van der Waals surface area (Å²) in [6.07, 6.45) is 9.74. The lowest BCUT2D eigenvalue weighted by Crippen LogP contribution is -2.40. The number of rotatable bonds is 5. The molecule has 1 saturated carbocycles. The summed E-state index contributed by atoms with van der Waals surface area (Å²) in [5.41, 5.74) is 1.58. The summed E-state index contributed by atoms with van der Waals surface area (Å²) in [7, 11) is 2.16. The summed E-state index contributed by atoms with van der Waals surface area (Å²) in [6.45, 7) is 2.34. The van der Waals surface area contributed by atoms with Crippen LogP contribution in [-0.2, 0) is 6.42 Å². The van der Waals surface area contributed by atoms with Gasteiger partial charge in [-0.05, 0) is 62.6 Å². The van der Waals surface area contributed by atoms with Crippen molar-refractivity contribution in [3.63, 3.8) is 0 Å². The van der Waals surface area contributed by atoms with Crippen LogP contribution in [0.25, 0.3) is 0 Å². The van der Waals surface area contributed by atoms with Crippen LogP contribution in [0.1, 0.15) is 51.0 Å². The molecule has 21 heavy (non-hydrogen) atoms. The minimum atomic E-state index is 0.752. The van der Waals surface area contributed by atoms with Gasteiger partial charge in [0.1, 0.15) is 0 Å². The third-order valence-corrected chi connectivity index (χ3v) is 6.78. The minimum Gasteiger partial charge on any atom is -0.317 e. The van der Waals surface area contributed by atoms with E-state index < -0.39 is 0 Å². The van der Waals surface area contributed by atoms with Gasteiger partial charge in [0.05, 0.1) is 0 Å². The molecule has 3 rings (SSSR count). The van der Waals surface area contributed by atoms with Crippen LogP contribution in [0.4, 0.5) is 0 Å². The molecule has 1 aromatic carbocycles. The molecule has 0 radical (unpaired) electrons. The van der Waals surface area contributed by atoms with Gasteiger partial charge < -0.3 is 5.32 Å². The Morgan fingerprint density at radius 2 is 2.10 bits per heavy atom. The van der Waals surface area contributed by atoms with E-state index in [1.54, 1.807) is 5.56 Å². The SMILES string of the molecule is CCCC1CCC(NC)C(CC2Cc3ccccc3S2)C1. The van der Waals surface area contributed by atoms with Gasteiger partial charge in [-0.15, -0.1) is 11.8 Å². The predicted octanol–water partition coefficient (Wildman–Crippen LogP) is 4.90. The Kier molecular flexibility index (Phi) is 5.29. The molecule has 4 atom stereocenters. The molecule has 116 valence electrons. The Balaban J connectivity index is 1.60. The molecule has 0 bridgehead atoms. The lowest BCUT2D eigenvalue weighted by molar-refractivity contribution is 0.191. The highest BCUT2D eigenvalue weighted by Crippen LogP contribution is 2.43. The predicted molar refractivity (Wildman–Crippen MR) is 93.0 cm³/mol. The maximum Gasteiger partial charge on any atom is 0.0138 e. The number of hydrogen-bond donors (Lipinski definition) is 1. The van der Waals surface area contributed by atoms with E-state index >= 15 is 0 Å². The number of benzene rings is 1. The molecule has 1 nitrogen and oxygen atoms in total. The first kappa shape index (κ1) is 15.4. The van der Waals surface area contributed by atoms with E-state index in [0.717, 1.165) is 23.1 Å². The van der Waals surface area contributed by atoms with Crippen molar-refractivity contribution in [1.82, 2.24) is 5.32 Å². The van der Waals surface area contributed by atoms with E-state index in [4.69, 9.17) is 0 Å². The van der Waals surface area contributed by atoms with Gasteiger partial charge >= 0.3 is 0 Å². The van der Waals surface area contributed by atoms with Crippen LogP contribution in [0.15, 0.2) is 29.2 Å². The van der Waals surface area contributed by atoms with E-state index in [2.05, 4.69) is 55.3 Å². The van der Waals surface area contributed by atoms with Crippen molar-refractivity contribution in [2.24, 2.45) is 11.8 Å². The molecule has 1 N–H and O–H groups in total. The molecule has 0 aromatic heterocycles. The average molecular weight is 304 g/mol. The van der Waals surface area contributed by atoms with Crippen LogP contribution in [-0.4, -0.2) is 18.3 Å². The molecule has 1 aliphatic heterocycles. The molecule has 4 unspecified atom stereocenters. The zero-order valence-corrected chi connectivity index (χ0v) is 14.3. The van der Waals surface area contributed by atoms with Gasteiger partial charge in [0.25, 0.3) is 0 Å². The van der Waals surface area contributed by atoms with Crippen LogP contribution in [0, 0.1) is 11.8 Å². The number of hydrogen-bond acceptors (Lipinski definition) is 2. The fraction of sp³-hybridized carbons (Fsp3) is 0.684. The molecular weight excluding hydrogens is 274 g/mol. The maximum absolute atomic E-state index is 3.60. The average Bonchev–Trinajstić information content (AvgIpc) is 2.90. The summed E-state index contributed by atoms with van der Waals surface area (Å²) in [5.74, 6) is 1.87. The van der Waals surface area contributed by atoms with Gasteiger partial charge in [-0.3, -0.25) is 0 Å². The molecule has 2 aliphatic rings. The van der Waals surface area contributed by atoms with Crippen molar-refractivity contribution < 1.29 is 0 Å². The minimum absolute atomic E-state index is 0.752. The second-order valence-electron chi connectivity index (χ2n) is 6.91. The first-order chi connectivity index (χ1) is 10.3. The molecule has 0 saturated heterocycles. The monoisotopic (exact) mass is 303 g/mol. The van der Waals surface area contributed by atoms with Crippen molar-refractivity contribution in [1.29, 1.82) is 0 Å². The zero-order chi connectivity index (χ0) is 14.7. The van der Waals surface area contributed by atoms with Gasteiger partial charge in [0, 0.05) is 16.2 Å². The fourth-order valence-corrected chi connectivity index (χ4v) is 5.82. The molecule has 1 aromatic rings. The first-order valence-electron chi connectivity index (χ1n) is 8.72. The lowest BCUT2D eigenvalue weighted by Gasteiger charge is -2.37. The van der Waals surface area contributed by atoms with Crippen molar-refractivity contribution in [3.8, 4) is 0 Å². The standard InChI is InChI=1S/C19H29NS/c1-3-6-14-9-10-18(20-2)16(11-14)13-17-12-15-7-4-5-8-19(15)21-17/h4-5,7-8,14,16-18,20H,3,6,9-13H2,1-2H3. The van der Waals surface area contributed by atoms with Crippen molar-refractivity contribution in [3.05, 3.63) is 29.8 Å². The third-order valence-electron chi connectivity index (χ3n) is 5.44. The van der Waals surface area contributed by atoms with Crippen LogP contribution in [0.5, 0.6) is 0 Å². The Bertz CT molecular complexity index is 434. The molecule has 0 spiro atoms. The van der Waals surface area contributed by atoms with Crippen molar-refractivity contribution in [2.45, 2.75) is 68.1 Å². The van der Waals surface area contributed by atoms with Crippen LogP contribution in [0.2, 0.25) is 0 Å². The third kappa shape index (κ3) is 3.65. The van der Waals surface area contributed by atoms with Crippen molar-refractivity contribution in [2.75, 3.05) is 7.05 Å². The highest BCUT2D eigenvalue weighted by Gasteiger charge is 2.33. The molecule has 1 aliphatic carbocycles. The molecular formula is C19H29NS. The van der Waals surface area contributed by atoms with Crippen molar-refractivity contribution >= 4 is 11.8 Å². The fourth-order valence-electron chi connectivity index (χ4n) is 4.40. The normalized spacial score (nSPS) is 32.1. The van der Waals surface area contributed by atoms with Gasteiger partial charge in [-0.25, -0.2) is 0 Å². The molecule has 2 heteroatoms. The van der Waals surface area contributed by atoms with Gasteiger partial charge in [-0.2, -0.15) is 0 Å². The summed E-state index contributed by atoms with van der Waals surface area (Å²) >= 11 is 2.13. The lowest BCUT2D eigenvalue weighted by atomic mass is 9.74. The highest BCUT2D eigenvalue weighted by atomic mass is 32.2. The first-order valence-corrected chi connectivity index (χ1v) is 9.60. The smallest absolute Gasteiger partial charge is 0.0138 e. The van der Waals surface area contributed by atoms with Gasteiger partial charge in [0.2, 0.25) is 0 Å². The van der Waals surface area contributed by atoms with Crippen LogP contribution >= 0.6 is 11.8 Å². The largest absolute Gasteiger partial charge is 0.317 e. The van der Waals surface area contributed by atoms with E-state index in [-0.39, 0.29) is 0 Å². The Morgan fingerprint density at radius 3 is 2.86 bits per heavy atom. The van der Waals surface area contributed by atoms with E-state index in [1.165, 1.54) is 49.8 Å². The summed E-state index contributed by atoms with van der Waals surface area (Å²) in [4.78, 5) is 1.53. The second-order valence-corrected chi connectivity index (χ2v) is 8.25. The highest BCUT2D eigenvalue weighted by molar-refractivity contribution is 8.00. The maximum atomic E-state index is 3.60. The number of thioether (sulfide) groups is 1. The topological polar surface area (TPSA) is 12.0 Å². The van der Waals surface area contributed by atoms with Crippen LogP contribution in [0.3, 0.4) is 0 Å². The van der Waals surface area contributed by atoms with E-state index in [9.17, 15) is 0 Å². The number of nitrogens with one attached hydrogen (secondary N) is 1. The van der Waals surface area contributed by atoms with Crippen LogP contribution < -0.4 is 5.32 Å². The molecule has 1 fully saturated rings. The second kappa shape index (κ2) is 7.19. The van der Waals surface area contributed by atoms with E-state index in [0.29, 0.717) is 0 Å². The Morgan fingerprint density at radius 1 is 1.24 bits per heavy atom. The Labute approximate surface area is 134 Å². The summed E-state index contributed by atoms with van der Waals surface area (Å²) < 4.78 is 0. The number of fused-ring (bicyclic) bond motifs is 1. The quantitative estimate of drug-likeness (QED) is 0.830. The summed E-state index contributed by atoms with van der Waals surface area (Å²) in [6, 6.07) is 9.75. The molecule has 0 amide bonds. The Hall–Kier alpha value is -0.470. The summed E-state index contributed by atoms with van der Waals surface area (Å²) in [5, 5.41) is 4.41. The van der Waals surface area contributed by atoms with E-state index in [1.807, 2.05) is 0 Å². The van der Waals surface area contributed by atoms with Gasteiger partial charge in [-0.1, -0.05) is 38.0 Å². The zero-order valence-electron chi connectivity index (χ0n) is 13.5. The van der Waals surface area contributed by atoms with Gasteiger partial charge in [0.15, 0.2) is 0 Å². The molecule has 1 heterocycles.